The van der Waals surface area contributed by atoms with E-state index in [0.29, 0.717) is 0 Å². The van der Waals surface area contributed by atoms with Gasteiger partial charge in [0, 0.05) is 7.05 Å². The zero-order chi connectivity index (χ0) is 8.84. The Morgan fingerprint density at radius 3 is 2.85 bits per heavy atom. The summed E-state index contributed by atoms with van der Waals surface area (Å²) in [6.07, 6.45) is 6.53. The lowest BCUT2D eigenvalue weighted by Gasteiger charge is -2.07. The molecule has 0 radical (unpaired) electrons. The number of fused-ring (bicyclic) bond motifs is 2. The molecule has 0 aromatic carbocycles. The van der Waals surface area contributed by atoms with Crippen LogP contribution in [0.3, 0.4) is 0 Å². The first kappa shape index (κ1) is 7.54. The number of nitrogens with zero attached hydrogens (tertiary/aromatic N) is 3. The Morgan fingerprint density at radius 1 is 1.23 bits per heavy atom. The highest BCUT2D eigenvalue weighted by Crippen LogP contribution is 2.46. The Kier molecular flexibility index (Phi) is 1.49. The Morgan fingerprint density at radius 2 is 2.00 bits per heavy atom. The van der Waals surface area contributed by atoms with E-state index in [1.165, 1.54) is 37.1 Å². The lowest BCUT2D eigenvalue weighted by molar-refractivity contribution is 0.566. The molecule has 3 rings (SSSR count). The van der Waals surface area contributed by atoms with Crippen LogP contribution in [-0.4, -0.2) is 15.0 Å². The van der Waals surface area contributed by atoms with E-state index in [1.807, 2.05) is 11.7 Å². The largest absolute Gasteiger partial charge is 0.252 e. The molecule has 3 nitrogen and oxygen atoms in total. The highest BCUT2D eigenvalue weighted by molar-refractivity contribution is 5.13. The molecular formula is C10H15N3. The second-order valence-corrected chi connectivity index (χ2v) is 4.44. The summed E-state index contributed by atoms with van der Waals surface area (Å²) in [5, 5.41) is 8.31. The number of hydrogen-bond acceptors (Lipinski definition) is 2. The third-order valence-electron chi connectivity index (χ3n) is 3.60. The molecule has 0 spiro atoms. The molecule has 0 amide bonds. The van der Waals surface area contributed by atoms with Crippen LogP contribution in [0.4, 0.5) is 0 Å². The molecule has 1 aromatic heterocycles. The van der Waals surface area contributed by atoms with Crippen molar-refractivity contribution in [2.24, 2.45) is 18.9 Å². The Balaban J connectivity index is 1.91. The van der Waals surface area contributed by atoms with Crippen LogP contribution in [-0.2, 0) is 19.9 Å². The highest BCUT2D eigenvalue weighted by Gasteiger charge is 2.37. The van der Waals surface area contributed by atoms with Crippen molar-refractivity contribution in [2.45, 2.75) is 32.1 Å². The van der Waals surface area contributed by atoms with Crippen LogP contribution < -0.4 is 0 Å². The van der Waals surface area contributed by atoms with Gasteiger partial charge in [-0.25, -0.2) is 0 Å². The molecule has 1 aromatic rings. The molecule has 1 fully saturated rings. The maximum absolute atomic E-state index is 4.22. The molecule has 0 aliphatic heterocycles. The third-order valence-corrected chi connectivity index (χ3v) is 3.60. The molecule has 0 N–H and O–H groups in total. The Bertz CT molecular complexity index is 329. The average molecular weight is 177 g/mol. The van der Waals surface area contributed by atoms with Gasteiger partial charge < -0.3 is 0 Å². The van der Waals surface area contributed by atoms with Gasteiger partial charge >= 0.3 is 0 Å². The molecule has 1 heterocycles. The van der Waals surface area contributed by atoms with Crippen molar-refractivity contribution in [1.82, 2.24) is 15.0 Å². The fourth-order valence-electron chi connectivity index (χ4n) is 2.58. The normalized spacial score (nSPS) is 31.5. The van der Waals surface area contributed by atoms with E-state index in [0.717, 1.165) is 18.3 Å². The summed E-state index contributed by atoms with van der Waals surface area (Å²) < 4.78 is 1.96. The summed E-state index contributed by atoms with van der Waals surface area (Å²) in [6.45, 7) is 0. The molecule has 2 atom stereocenters. The molecular weight excluding hydrogens is 162 g/mol. The Hall–Kier alpha value is -0.860. The zero-order valence-corrected chi connectivity index (χ0v) is 8.03. The van der Waals surface area contributed by atoms with Gasteiger partial charge in [-0.15, -0.1) is 5.10 Å². The topological polar surface area (TPSA) is 30.7 Å². The van der Waals surface area contributed by atoms with Crippen LogP contribution in [0.5, 0.6) is 0 Å². The van der Waals surface area contributed by atoms with Crippen LogP contribution in [0.2, 0.25) is 0 Å². The van der Waals surface area contributed by atoms with E-state index in [9.17, 15) is 0 Å². The van der Waals surface area contributed by atoms with Gasteiger partial charge in [0.1, 0.15) is 0 Å². The van der Waals surface area contributed by atoms with Crippen molar-refractivity contribution in [3.8, 4) is 0 Å². The lowest BCUT2D eigenvalue weighted by atomic mass is 10.0. The second-order valence-electron chi connectivity index (χ2n) is 4.44. The maximum atomic E-state index is 4.22. The maximum Gasteiger partial charge on any atom is 0.0859 e. The summed E-state index contributed by atoms with van der Waals surface area (Å²) in [7, 11) is 2.01. The van der Waals surface area contributed by atoms with Gasteiger partial charge in [0.05, 0.1) is 11.4 Å². The van der Waals surface area contributed by atoms with Crippen LogP contribution >= 0.6 is 0 Å². The van der Waals surface area contributed by atoms with Gasteiger partial charge in [-0.2, -0.15) is 0 Å². The first-order valence-electron chi connectivity index (χ1n) is 5.22. The molecule has 3 heteroatoms. The predicted molar refractivity (Wildman–Crippen MR) is 49.2 cm³/mol. The summed E-state index contributed by atoms with van der Waals surface area (Å²) >= 11 is 0. The first-order valence-corrected chi connectivity index (χ1v) is 5.22. The van der Waals surface area contributed by atoms with Crippen LogP contribution in [0.15, 0.2) is 0 Å². The number of hydrogen-bond donors (Lipinski definition) is 0. The van der Waals surface area contributed by atoms with Gasteiger partial charge in [-0.1, -0.05) is 5.21 Å². The van der Waals surface area contributed by atoms with Crippen molar-refractivity contribution in [2.75, 3.05) is 0 Å². The van der Waals surface area contributed by atoms with Crippen LogP contribution in [0, 0.1) is 11.8 Å². The van der Waals surface area contributed by atoms with Crippen molar-refractivity contribution < 1.29 is 0 Å². The Labute approximate surface area is 78.1 Å². The number of aromatic nitrogens is 3. The highest BCUT2D eigenvalue weighted by atomic mass is 15.4. The van der Waals surface area contributed by atoms with Gasteiger partial charge in [0.15, 0.2) is 0 Å². The van der Waals surface area contributed by atoms with Crippen molar-refractivity contribution in [1.29, 1.82) is 0 Å². The van der Waals surface area contributed by atoms with E-state index >= 15 is 0 Å². The van der Waals surface area contributed by atoms with Gasteiger partial charge in [0.2, 0.25) is 0 Å². The molecule has 70 valence electrons. The van der Waals surface area contributed by atoms with E-state index in [4.69, 9.17) is 0 Å². The van der Waals surface area contributed by atoms with Crippen molar-refractivity contribution in [3.63, 3.8) is 0 Å². The summed E-state index contributed by atoms with van der Waals surface area (Å²) in [6, 6.07) is 0. The minimum atomic E-state index is 1.02. The van der Waals surface area contributed by atoms with Gasteiger partial charge in [0.25, 0.3) is 0 Å². The fourth-order valence-corrected chi connectivity index (χ4v) is 2.58. The lowest BCUT2D eigenvalue weighted by Crippen LogP contribution is -2.04. The third kappa shape index (κ3) is 1.18. The van der Waals surface area contributed by atoms with E-state index < -0.39 is 0 Å². The smallest absolute Gasteiger partial charge is 0.0859 e. The zero-order valence-electron chi connectivity index (χ0n) is 8.03. The second kappa shape index (κ2) is 2.56. The molecule has 0 unspecified atom stereocenters. The molecule has 2 aliphatic rings. The molecule has 13 heavy (non-hydrogen) atoms. The van der Waals surface area contributed by atoms with E-state index in [2.05, 4.69) is 10.3 Å². The quantitative estimate of drug-likeness (QED) is 0.598. The average Bonchev–Trinajstić information content (AvgIpc) is 2.73. The first-order chi connectivity index (χ1) is 6.34. The van der Waals surface area contributed by atoms with E-state index in [1.54, 1.807) is 0 Å². The summed E-state index contributed by atoms with van der Waals surface area (Å²) in [5.74, 6) is 2.05. The monoisotopic (exact) mass is 177 g/mol. The fraction of sp³-hybridized carbons (Fsp3) is 0.800. The molecule has 2 aliphatic carbocycles. The molecule has 0 bridgehead atoms. The molecule has 1 saturated carbocycles. The standard InChI is InChI=1S/C10H15N3/c1-13-10-5-3-8-6-7(8)2-4-9(10)11-12-13/h7-8H,2-6H2,1H3/t7-,8+/m0/s1. The summed E-state index contributed by atoms with van der Waals surface area (Å²) in [4.78, 5) is 0. The van der Waals surface area contributed by atoms with E-state index in [-0.39, 0.29) is 0 Å². The minimum absolute atomic E-state index is 1.02. The van der Waals surface area contributed by atoms with Gasteiger partial charge in [-0.3, -0.25) is 4.68 Å². The predicted octanol–water partition coefficient (Wildman–Crippen LogP) is 1.33. The number of aryl methyl sites for hydroxylation is 2. The summed E-state index contributed by atoms with van der Waals surface area (Å²) in [5.41, 5.74) is 2.64. The molecule has 0 saturated heterocycles. The number of rotatable bonds is 0. The van der Waals surface area contributed by atoms with Gasteiger partial charge in [-0.05, 0) is 43.9 Å². The van der Waals surface area contributed by atoms with Crippen molar-refractivity contribution in [3.05, 3.63) is 11.4 Å². The van der Waals surface area contributed by atoms with Crippen molar-refractivity contribution >= 4 is 0 Å². The minimum Gasteiger partial charge on any atom is -0.252 e. The SMILES string of the molecule is Cn1nnc2c1CC[C@@H]1C[C@@H]1CC2. The van der Waals surface area contributed by atoms with Crippen LogP contribution in [0.25, 0.3) is 0 Å². The van der Waals surface area contributed by atoms with Crippen LogP contribution in [0.1, 0.15) is 30.7 Å².